The minimum absolute atomic E-state index is 0.151. The van der Waals surface area contributed by atoms with E-state index >= 15 is 0 Å². The Morgan fingerprint density at radius 3 is 0.875 bits per heavy atom. The van der Waals surface area contributed by atoms with Gasteiger partial charge in [0.25, 0.3) is 0 Å². The van der Waals surface area contributed by atoms with E-state index in [1.807, 2.05) is 72.8 Å². The zero-order valence-electron chi connectivity index (χ0n) is 27.3. The van der Waals surface area contributed by atoms with Gasteiger partial charge in [0.1, 0.15) is 34.5 Å². The van der Waals surface area contributed by atoms with Crippen molar-refractivity contribution in [3.8, 4) is 34.5 Å². The van der Waals surface area contributed by atoms with Crippen molar-refractivity contribution in [3.63, 3.8) is 0 Å². The molecule has 0 fully saturated rings. The van der Waals surface area contributed by atoms with Crippen LogP contribution in [0.25, 0.3) is 0 Å². The van der Waals surface area contributed by atoms with E-state index < -0.39 is 0 Å². The highest BCUT2D eigenvalue weighted by molar-refractivity contribution is 5.41. The standard InChI is InChI=1S/C15H16O2.C14H14O2.C13H12O2/c1-15(2,11-3-7-13(16)8-4-11)12-5-9-14(17)10-6-12;1-10(11-2-6-13(15)7-3-11)12-4-8-14(16)9-5-12;14-12-5-1-10(2-6-12)9-11-3-7-13(15)8-4-11/h3-10,16-17H,1-2H3;2-10,15-16H,1H3;1-8,14-15H,9H2. The van der Waals surface area contributed by atoms with Gasteiger partial charge in [0.2, 0.25) is 0 Å². The van der Waals surface area contributed by atoms with Crippen molar-refractivity contribution in [2.45, 2.75) is 38.5 Å². The lowest BCUT2D eigenvalue weighted by Gasteiger charge is -2.26. The fourth-order valence-electron chi connectivity index (χ4n) is 5.10. The van der Waals surface area contributed by atoms with Crippen molar-refractivity contribution in [2.75, 3.05) is 0 Å². The Balaban J connectivity index is 0.000000163. The molecule has 0 atom stereocenters. The summed E-state index contributed by atoms with van der Waals surface area (Å²) in [6.07, 6.45) is 0.806. The maximum Gasteiger partial charge on any atom is 0.115 e. The Bertz CT molecular complexity index is 1690. The first-order valence-corrected chi connectivity index (χ1v) is 15.6. The molecule has 6 heteroatoms. The van der Waals surface area contributed by atoms with E-state index in [9.17, 15) is 20.4 Å². The van der Waals surface area contributed by atoms with Crippen LogP contribution in [-0.4, -0.2) is 30.6 Å². The molecule has 0 saturated heterocycles. The molecule has 0 radical (unpaired) electrons. The van der Waals surface area contributed by atoms with Gasteiger partial charge >= 0.3 is 0 Å². The zero-order valence-corrected chi connectivity index (χ0v) is 27.3. The van der Waals surface area contributed by atoms with Gasteiger partial charge in [-0.3, -0.25) is 0 Å². The van der Waals surface area contributed by atoms with Crippen molar-refractivity contribution >= 4 is 0 Å². The fourth-order valence-corrected chi connectivity index (χ4v) is 5.10. The highest BCUT2D eigenvalue weighted by Gasteiger charge is 2.22. The molecule has 48 heavy (non-hydrogen) atoms. The Morgan fingerprint density at radius 1 is 0.375 bits per heavy atom. The quantitative estimate of drug-likeness (QED) is 0.108. The predicted octanol–water partition coefficient (Wildman–Crippen LogP) is 9.36. The van der Waals surface area contributed by atoms with Gasteiger partial charge < -0.3 is 30.6 Å². The maximum absolute atomic E-state index is 9.30. The van der Waals surface area contributed by atoms with E-state index in [0.29, 0.717) is 0 Å². The van der Waals surface area contributed by atoms with E-state index in [4.69, 9.17) is 10.2 Å². The van der Waals surface area contributed by atoms with Crippen molar-refractivity contribution < 1.29 is 30.6 Å². The van der Waals surface area contributed by atoms with Crippen LogP contribution in [0.15, 0.2) is 146 Å². The molecule has 6 aromatic rings. The minimum Gasteiger partial charge on any atom is -0.508 e. The molecule has 246 valence electrons. The minimum atomic E-state index is -0.151. The van der Waals surface area contributed by atoms with Crippen LogP contribution >= 0.6 is 0 Å². The smallest absolute Gasteiger partial charge is 0.115 e. The topological polar surface area (TPSA) is 121 Å². The average molecular weight is 643 g/mol. The van der Waals surface area contributed by atoms with Crippen LogP contribution in [0.2, 0.25) is 0 Å². The van der Waals surface area contributed by atoms with Crippen molar-refractivity contribution in [1.29, 1.82) is 0 Å². The number of rotatable bonds is 6. The van der Waals surface area contributed by atoms with Gasteiger partial charge in [-0.2, -0.15) is 0 Å². The summed E-state index contributed by atoms with van der Waals surface area (Å²) in [7, 11) is 0. The third-order valence-corrected chi connectivity index (χ3v) is 8.25. The Labute approximate surface area is 282 Å². The predicted molar refractivity (Wildman–Crippen MR) is 191 cm³/mol. The number of phenolic OH excluding ortho intramolecular Hbond substituents is 6. The normalized spacial score (nSPS) is 10.8. The summed E-state index contributed by atoms with van der Waals surface area (Å²) in [5.74, 6) is 1.92. The van der Waals surface area contributed by atoms with Crippen molar-refractivity contribution in [2.24, 2.45) is 0 Å². The molecule has 0 amide bonds. The average Bonchev–Trinajstić information content (AvgIpc) is 3.08. The second-order valence-electron chi connectivity index (χ2n) is 12.1. The van der Waals surface area contributed by atoms with Gasteiger partial charge in [-0.05, 0) is 113 Å². The molecular weight excluding hydrogens is 600 g/mol. The molecule has 0 aliphatic heterocycles. The van der Waals surface area contributed by atoms with Crippen LogP contribution in [0.5, 0.6) is 34.5 Å². The highest BCUT2D eigenvalue weighted by Crippen LogP contribution is 2.33. The van der Waals surface area contributed by atoms with E-state index in [1.54, 1.807) is 72.8 Å². The molecular formula is C42H42O6. The number of hydrogen-bond donors (Lipinski definition) is 6. The van der Waals surface area contributed by atoms with Crippen LogP contribution in [0.1, 0.15) is 60.1 Å². The molecule has 6 rings (SSSR count). The molecule has 0 unspecified atom stereocenters. The maximum atomic E-state index is 9.30. The molecule has 6 N–H and O–H groups in total. The fraction of sp³-hybridized carbons (Fsp3) is 0.143. The summed E-state index contributed by atoms with van der Waals surface area (Å²) in [6, 6.07) is 43.1. The summed E-state index contributed by atoms with van der Waals surface area (Å²) in [5.41, 5.74) is 6.66. The van der Waals surface area contributed by atoms with E-state index in [2.05, 4.69) is 20.8 Å². The van der Waals surface area contributed by atoms with Gasteiger partial charge in [0.15, 0.2) is 0 Å². The third-order valence-electron chi connectivity index (χ3n) is 8.25. The van der Waals surface area contributed by atoms with Crippen molar-refractivity contribution in [1.82, 2.24) is 0 Å². The van der Waals surface area contributed by atoms with E-state index in [1.165, 1.54) is 0 Å². The lowest BCUT2D eigenvalue weighted by atomic mass is 9.78. The molecule has 0 heterocycles. The van der Waals surface area contributed by atoms with Gasteiger partial charge in [-0.25, -0.2) is 0 Å². The van der Waals surface area contributed by atoms with E-state index in [-0.39, 0.29) is 45.8 Å². The first-order valence-electron chi connectivity index (χ1n) is 15.6. The summed E-state index contributed by atoms with van der Waals surface area (Å²) in [6.45, 7) is 6.33. The monoisotopic (exact) mass is 642 g/mol. The number of aromatic hydroxyl groups is 6. The first-order chi connectivity index (χ1) is 22.9. The third kappa shape index (κ3) is 10.1. The van der Waals surface area contributed by atoms with Gasteiger partial charge in [0.05, 0.1) is 0 Å². The second kappa shape index (κ2) is 16.1. The zero-order chi connectivity index (χ0) is 34.7. The van der Waals surface area contributed by atoms with Gasteiger partial charge in [-0.1, -0.05) is 93.6 Å². The molecule has 0 aliphatic rings. The lowest BCUT2D eigenvalue weighted by Crippen LogP contribution is -2.18. The Hall–Kier alpha value is -5.88. The van der Waals surface area contributed by atoms with Crippen LogP contribution in [0, 0.1) is 0 Å². The highest BCUT2D eigenvalue weighted by atomic mass is 16.3. The summed E-state index contributed by atoms with van der Waals surface area (Å²) < 4.78 is 0. The van der Waals surface area contributed by atoms with Crippen LogP contribution in [-0.2, 0) is 11.8 Å². The van der Waals surface area contributed by atoms with E-state index in [0.717, 1.165) is 39.8 Å². The first kappa shape index (κ1) is 35.0. The van der Waals surface area contributed by atoms with Crippen LogP contribution < -0.4 is 0 Å². The summed E-state index contributed by atoms with van der Waals surface area (Å²) >= 11 is 0. The SMILES string of the molecule is CC(C)(c1ccc(O)cc1)c1ccc(O)cc1.CC(c1ccc(O)cc1)c1ccc(O)cc1.Oc1ccc(Cc2ccc(O)cc2)cc1. The molecule has 0 spiro atoms. The molecule has 6 nitrogen and oxygen atoms in total. The Kier molecular flexibility index (Phi) is 11.7. The summed E-state index contributed by atoms with van der Waals surface area (Å²) in [4.78, 5) is 0. The second-order valence-corrected chi connectivity index (χ2v) is 12.1. The molecule has 0 aliphatic carbocycles. The number of benzene rings is 6. The molecule has 0 bridgehead atoms. The van der Waals surface area contributed by atoms with Crippen LogP contribution in [0.4, 0.5) is 0 Å². The molecule has 0 aromatic heterocycles. The Morgan fingerprint density at radius 2 is 0.604 bits per heavy atom. The van der Waals surface area contributed by atoms with Crippen molar-refractivity contribution in [3.05, 3.63) is 179 Å². The lowest BCUT2D eigenvalue weighted by molar-refractivity contribution is 0.473. The van der Waals surface area contributed by atoms with Gasteiger partial charge in [0, 0.05) is 11.3 Å². The number of hydrogen-bond acceptors (Lipinski definition) is 6. The van der Waals surface area contributed by atoms with Crippen LogP contribution in [0.3, 0.4) is 0 Å². The number of phenols is 6. The summed E-state index contributed by atoms with van der Waals surface area (Å²) in [5, 5.41) is 55.3. The largest absolute Gasteiger partial charge is 0.508 e. The molecule has 0 saturated carbocycles. The molecule has 6 aromatic carbocycles. The van der Waals surface area contributed by atoms with Gasteiger partial charge in [-0.15, -0.1) is 0 Å².